The molecule has 1 atom stereocenters. The Kier molecular flexibility index (Phi) is 10.8. The summed E-state index contributed by atoms with van der Waals surface area (Å²) in [5, 5.41) is 3.08. The van der Waals surface area contributed by atoms with Crippen LogP contribution in [0, 0.1) is 5.92 Å². The minimum atomic E-state index is -0.623. The Labute approximate surface area is 221 Å². The Morgan fingerprint density at radius 3 is 2.19 bits per heavy atom. The molecule has 37 heavy (non-hydrogen) atoms. The third kappa shape index (κ3) is 8.78. The molecule has 1 N–H and O–H groups in total. The van der Waals surface area contributed by atoms with Crippen LogP contribution in [0.2, 0.25) is 0 Å². The zero-order chi connectivity index (χ0) is 26.6. The number of amides is 2. The SMILES string of the molecule is CCc1ccc(CCC(=O)N(Cc2cccc(OC)c2)C(Cc2ccccc2)C(=O)NCC(C)C)cc1. The molecule has 0 saturated heterocycles. The van der Waals surface area contributed by atoms with Crippen molar-refractivity contribution in [2.75, 3.05) is 13.7 Å². The molecule has 3 aromatic carbocycles. The first-order chi connectivity index (χ1) is 17.9. The first-order valence-corrected chi connectivity index (χ1v) is 13.2. The van der Waals surface area contributed by atoms with Crippen LogP contribution in [0.3, 0.4) is 0 Å². The monoisotopic (exact) mass is 500 g/mol. The summed E-state index contributed by atoms with van der Waals surface area (Å²) in [7, 11) is 1.63. The number of carbonyl (C=O) groups is 2. The Morgan fingerprint density at radius 1 is 0.865 bits per heavy atom. The van der Waals surface area contributed by atoms with Crippen molar-refractivity contribution >= 4 is 11.8 Å². The number of aryl methyl sites for hydroxylation is 2. The number of methoxy groups -OCH3 is 1. The average Bonchev–Trinajstić information content (AvgIpc) is 2.93. The minimum Gasteiger partial charge on any atom is -0.497 e. The van der Waals surface area contributed by atoms with Crippen molar-refractivity contribution in [3.63, 3.8) is 0 Å². The van der Waals surface area contributed by atoms with Gasteiger partial charge in [-0.05, 0) is 53.1 Å². The number of carbonyl (C=O) groups excluding carboxylic acids is 2. The number of rotatable bonds is 13. The van der Waals surface area contributed by atoms with Crippen molar-refractivity contribution < 1.29 is 14.3 Å². The molecule has 5 heteroatoms. The lowest BCUT2D eigenvalue weighted by Gasteiger charge is -2.32. The standard InChI is InChI=1S/C32H40N2O3/c1-5-25-14-16-26(17-15-25)18-19-31(35)34(23-28-12-9-13-29(20-28)37-4)30(32(36)33-22-24(2)3)21-27-10-7-6-8-11-27/h6-17,20,24,30H,5,18-19,21-23H2,1-4H3,(H,33,36). The predicted molar refractivity (Wildman–Crippen MR) is 149 cm³/mol. The summed E-state index contributed by atoms with van der Waals surface area (Å²) >= 11 is 0. The number of hydrogen-bond acceptors (Lipinski definition) is 3. The van der Waals surface area contributed by atoms with Crippen molar-refractivity contribution in [2.24, 2.45) is 5.92 Å². The second-order valence-corrected chi connectivity index (χ2v) is 9.89. The van der Waals surface area contributed by atoms with Crippen LogP contribution < -0.4 is 10.1 Å². The zero-order valence-electron chi connectivity index (χ0n) is 22.6. The van der Waals surface area contributed by atoms with Gasteiger partial charge in [0.05, 0.1) is 7.11 Å². The molecule has 0 aromatic heterocycles. The first kappa shape index (κ1) is 28.0. The largest absolute Gasteiger partial charge is 0.497 e. The van der Waals surface area contributed by atoms with Gasteiger partial charge in [0.25, 0.3) is 0 Å². The zero-order valence-corrected chi connectivity index (χ0v) is 22.6. The number of nitrogens with zero attached hydrogens (tertiary/aromatic N) is 1. The van der Waals surface area contributed by atoms with Gasteiger partial charge in [-0.2, -0.15) is 0 Å². The average molecular weight is 501 g/mol. The van der Waals surface area contributed by atoms with Crippen LogP contribution in [-0.4, -0.2) is 36.4 Å². The van der Waals surface area contributed by atoms with Gasteiger partial charge in [0, 0.05) is 25.9 Å². The Balaban J connectivity index is 1.89. The summed E-state index contributed by atoms with van der Waals surface area (Å²) in [5.41, 5.74) is 4.34. The molecule has 0 aliphatic carbocycles. The molecule has 0 fully saturated rings. The molecule has 0 radical (unpaired) electrons. The fraction of sp³-hybridized carbons (Fsp3) is 0.375. The fourth-order valence-electron chi connectivity index (χ4n) is 4.28. The number of ether oxygens (including phenoxy) is 1. The molecule has 0 aliphatic heterocycles. The van der Waals surface area contributed by atoms with E-state index in [4.69, 9.17) is 4.74 Å². The number of nitrogens with one attached hydrogen (secondary N) is 1. The topological polar surface area (TPSA) is 58.6 Å². The molecule has 3 aromatic rings. The lowest BCUT2D eigenvalue weighted by Crippen LogP contribution is -2.51. The highest BCUT2D eigenvalue weighted by atomic mass is 16.5. The molecule has 0 heterocycles. The van der Waals surface area contributed by atoms with Crippen LogP contribution in [0.15, 0.2) is 78.9 Å². The highest BCUT2D eigenvalue weighted by molar-refractivity contribution is 5.88. The van der Waals surface area contributed by atoms with Crippen LogP contribution in [0.4, 0.5) is 0 Å². The van der Waals surface area contributed by atoms with E-state index in [0.717, 1.165) is 28.9 Å². The van der Waals surface area contributed by atoms with Gasteiger partial charge in [0.15, 0.2) is 0 Å². The van der Waals surface area contributed by atoms with Crippen LogP contribution in [0.25, 0.3) is 0 Å². The minimum absolute atomic E-state index is 0.0389. The van der Waals surface area contributed by atoms with E-state index in [1.165, 1.54) is 5.56 Å². The van der Waals surface area contributed by atoms with Gasteiger partial charge >= 0.3 is 0 Å². The molecule has 5 nitrogen and oxygen atoms in total. The van der Waals surface area contributed by atoms with Gasteiger partial charge in [-0.25, -0.2) is 0 Å². The van der Waals surface area contributed by atoms with Crippen LogP contribution in [0.5, 0.6) is 5.75 Å². The molecule has 0 spiro atoms. The Morgan fingerprint density at radius 2 is 1.54 bits per heavy atom. The van der Waals surface area contributed by atoms with Gasteiger partial charge in [-0.3, -0.25) is 9.59 Å². The second kappa shape index (κ2) is 14.2. The number of benzene rings is 3. The highest BCUT2D eigenvalue weighted by Crippen LogP contribution is 2.20. The molecule has 0 aliphatic rings. The van der Waals surface area contributed by atoms with Crippen molar-refractivity contribution in [1.29, 1.82) is 0 Å². The van der Waals surface area contributed by atoms with Crippen molar-refractivity contribution in [2.45, 2.75) is 59.0 Å². The maximum atomic E-state index is 13.8. The Hall–Kier alpha value is -3.60. The van der Waals surface area contributed by atoms with E-state index < -0.39 is 6.04 Å². The van der Waals surface area contributed by atoms with E-state index in [-0.39, 0.29) is 11.8 Å². The summed E-state index contributed by atoms with van der Waals surface area (Å²) in [5.74, 6) is 0.879. The van der Waals surface area contributed by atoms with Gasteiger partial charge < -0.3 is 15.0 Å². The van der Waals surface area contributed by atoms with E-state index in [0.29, 0.717) is 38.3 Å². The van der Waals surface area contributed by atoms with E-state index in [9.17, 15) is 9.59 Å². The molecular formula is C32H40N2O3. The van der Waals surface area contributed by atoms with Crippen molar-refractivity contribution in [1.82, 2.24) is 10.2 Å². The third-order valence-electron chi connectivity index (χ3n) is 6.50. The van der Waals surface area contributed by atoms with E-state index in [2.05, 4.69) is 50.4 Å². The molecule has 0 bridgehead atoms. The molecule has 0 saturated carbocycles. The molecular weight excluding hydrogens is 460 g/mol. The third-order valence-corrected chi connectivity index (χ3v) is 6.50. The summed E-state index contributed by atoms with van der Waals surface area (Å²) in [4.78, 5) is 29.1. The Bertz CT molecular complexity index is 1130. The van der Waals surface area contributed by atoms with Crippen LogP contribution in [-0.2, 0) is 35.4 Å². The van der Waals surface area contributed by atoms with Gasteiger partial charge in [0.1, 0.15) is 11.8 Å². The summed E-state index contributed by atoms with van der Waals surface area (Å²) in [6, 6.07) is 25.4. The van der Waals surface area contributed by atoms with Crippen molar-refractivity contribution in [3.05, 3.63) is 101 Å². The lowest BCUT2D eigenvalue weighted by molar-refractivity contribution is -0.141. The van der Waals surface area contributed by atoms with Crippen LogP contribution in [0.1, 0.15) is 49.4 Å². The van der Waals surface area contributed by atoms with Crippen LogP contribution >= 0.6 is 0 Å². The van der Waals surface area contributed by atoms with E-state index >= 15 is 0 Å². The van der Waals surface area contributed by atoms with Gasteiger partial charge in [-0.1, -0.05) is 87.5 Å². The first-order valence-electron chi connectivity index (χ1n) is 13.2. The molecule has 1 unspecified atom stereocenters. The van der Waals surface area contributed by atoms with E-state index in [1.54, 1.807) is 12.0 Å². The summed E-state index contributed by atoms with van der Waals surface area (Å²) in [6.45, 7) is 7.16. The smallest absolute Gasteiger partial charge is 0.243 e. The lowest BCUT2D eigenvalue weighted by atomic mass is 10.0. The summed E-state index contributed by atoms with van der Waals surface area (Å²) < 4.78 is 5.41. The predicted octanol–water partition coefficient (Wildman–Crippen LogP) is 5.60. The number of hydrogen-bond donors (Lipinski definition) is 1. The summed E-state index contributed by atoms with van der Waals surface area (Å²) in [6.07, 6.45) is 2.40. The fourth-order valence-corrected chi connectivity index (χ4v) is 4.28. The molecule has 196 valence electrons. The quantitative estimate of drug-likeness (QED) is 0.332. The molecule has 2 amide bonds. The molecule has 3 rings (SSSR count). The highest BCUT2D eigenvalue weighted by Gasteiger charge is 2.30. The van der Waals surface area contributed by atoms with Gasteiger partial charge in [0.2, 0.25) is 11.8 Å². The maximum absolute atomic E-state index is 13.8. The maximum Gasteiger partial charge on any atom is 0.243 e. The normalized spacial score (nSPS) is 11.7. The van der Waals surface area contributed by atoms with Gasteiger partial charge in [-0.15, -0.1) is 0 Å². The second-order valence-electron chi connectivity index (χ2n) is 9.89. The van der Waals surface area contributed by atoms with E-state index in [1.807, 2.05) is 54.6 Å². The van der Waals surface area contributed by atoms with Crippen molar-refractivity contribution in [3.8, 4) is 5.75 Å².